The summed E-state index contributed by atoms with van der Waals surface area (Å²) in [5, 5.41) is 10.1. The molecule has 1 aromatic heterocycles. The Bertz CT molecular complexity index is 1460. The fourth-order valence-corrected chi connectivity index (χ4v) is 5.52. The van der Waals surface area contributed by atoms with Gasteiger partial charge in [-0.25, -0.2) is 9.37 Å². The van der Waals surface area contributed by atoms with Crippen molar-refractivity contribution in [2.75, 3.05) is 0 Å². The fourth-order valence-electron chi connectivity index (χ4n) is 5.52. The molecule has 2 atom stereocenters. The molecule has 218 valence electrons. The second-order valence-corrected chi connectivity index (χ2v) is 11.1. The number of halogens is 1. The van der Waals surface area contributed by atoms with Crippen LogP contribution in [0.25, 0.3) is 11.4 Å². The van der Waals surface area contributed by atoms with E-state index in [9.17, 15) is 19.1 Å². The molecular formula is C34H36FN3O4. The van der Waals surface area contributed by atoms with Crippen molar-refractivity contribution in [2.24, 2.45) is 0 Å². The molecule has 1 fully saturated rings. The third-order valence-corrected chi connectivity index (χ3v) is 7.49. The second-order valence-electron chi connectivity index (χ2n) is 11.1. The first-order valence-electron chi connectivity index (χ1n) is 14.4. The van der Waals surface area contributed by atoms with Gasteiger partial charge in [-0.05, 0) is 41.3 Å². The highest BCUT2D eigenvalue weighted by Crippen LogP contribution is 2.31. The first-order chi connectivity index (χ1) is 20.3. The molecule has 1 saturated heterocycles. The van der Waals surface area contributed by atoms with Gasteiger partial charge < -0.3 is 19.3 Å². The van der Waals surface area contributed by atoms with Gasteiger partial charge in [-0.3, -0.25) is 9.59 Å². The highest BCUT2D eigenvalue weighted by molar-refractivity contribution is 5.94. The van der Waals surface area contributed by atoms with Gasteiger partial charge >= 0.3 is 5.97 Å². The van der Waals surface area contributed by atoms with Gasteiger partial charge in [-0.15, -0.1) is 0 Å². The molecule has 42 heavy (non-hydrogen) atoms. The number of carbonyl (C=O) groups excluding carboxylic acids is 2. The maximum absolute atomic E-state index is 14.4. The minimum Gasteiger partial charge on any atom is -0.462 e. The Balaban J connectivity index is 1.55. The van der Waals surface area contributed by atoms with Gasteiger partial charge in [0.1, 0.15) is 17.7 Å². The Morgan fingerprint density at radius 3 is 2.14 bits per heavy atom. The summed E-state index contributed by atoms with van der Waals surface area (Å²) in [6.07, 6.45) is -0.384. The predicted molar refractivity (Wildman–Crippen MR) is 158 cm³/mol. The third kappa shape index (κ3) is 6.94. The number of carbonyl (C=O) groups is 2. The zero-order valence-corrected chi connectivity index (χ0v) is 23.9. The topological polar surface area (TPSA) is 84.7 Å². The molecular weight excluding hydrogens is 533 g/mol. The summed E-state index contributed by atoms with van der Waals surface area (Å²) in [5.74, 6) is -0.504. The number of cyclic esters (lactones) is 1. The molecule has 0 saturated carbocycles. The number of hydrogen-bond acceptors (Lipinski definition) is 5. The smallest absolute Gasteiger partial charge is 0.308 e. The number of aromatic nitrogens is 2. The average Bonchev–Trinajstić information content (AvgIpc) is 3.36. The van der Waals surface area contributed by atoms with E-state index in [2.05, 4.69) is 0 Å². The number of aliphatic hydroxyl groups excluding tert-OH is 1. The van der Waals surface area contributed by atoms with Crippen molar-refractivity contribution in [1.82, 2.24) is 14.5 Å². The summed E-state index contributed by atoms with van der Waals surface area (Å²) in [5.41, 5.74) is 3.79. The van der Waals surface area contributed by atoms with Crippen LogP contribution in [-0.2, 0) is 29.2 Å². The lowest BCUT2D eigenvalue weighted by atomic mass is 10.0. The van der Waals surface area contributed by atoms with E-state index >= 15 is 0 Å². The summed E-state index contributed by atoms with van der Waals surface area (Å²) in [7, 11) is 0. The molecule has 8 heteroatoms. The van der Waals surface area contributed by atoms with E-state index in [1.165, 1.54) is 12.1 Å². The Morgan fingerprint density at radius 2 is 1.60 bits per heavy atom. The number of aliphatic hydroxyl groups is 1. The number of ether oxygens (including phenoxy) is 1. The predicted octanol–water partition coefficient (Wildman–Crippen LogP) is 6.11. The summed E-state index contributed by atoms with van der Waals surface area (Å²) < 4.78 is 21.4. The molecule has 7 nitrogen and oxygen atoms in total. The molecule has 3 aromatic carbocycles. The number of amides is 1. The van der Waals surface area contributed by atoms with Gasteiger partial charge in [0.15, 0.2) is 5.69 Å². The quantitative estimate of drug-likeness (QED) is 0.233. The number of benzene rings is 3. The first-order valence-corrected chi connectivity index (χ1v) is 14.4. The van der Waals surface area contributed by atoms with E-state index in [1.807, 2.05) is 79.1 Å². The van der Waals surface area contributed by atoms with Gasteiger partial charge in [-0.1, -0.05) is 74.5 Å². The summed E-state index contributed by atoms with van der Waals surface area (Å²) >= 11 is 0. The molecule has 1 N–H and O–H groups in total. The molecule has 0 unspecified atom stereocenters. The SMILES string of the molecule is CC(C)c1c(C(=O)N(Cc2ccccc2)Cc2ccccc2)nc(-c2ccc(F)cc2)n1CC[C@@H]1C[C@@H](O)CC(=O)O1. The summed E-state index contributed by atoms with van der Waals surface area (Å²) in [6, 6.07) is 25.8. The normalized spacial score (nSPS) is 16.8. The van der Waals surface area contributed by atoms with Crippen LogP contribution in [0.2, 0.25) is 0 Å². The van der Waals surface area contributed by atoms with E-state index < -0.39 is 18.2 Å². The lowest BCUT2D eigenvalue weighted by molar-refractivity contribution is -0.160. The number of nitrogens with zero attached hydrogens (tertiary/aromatic N) is 3. The van der Waals surface area contributed by atoms with Crippen molar-refractivity contribution in [3.8, 4) is 11.4 Å². The maximum Gasteiger partial charge on any atom is 0.308 e. The maximum atomic E-state index is 14.4. The zero-order chi connectivity index (χ0) is 29.6. The Morgan fingerprint density at radius 1 is 1.00 bits per heavy atom. The zero-order valence-electron chi connectivity index (χ0n) is 23.9. The van der Waals surface area contributed by atoms with E-state index in [1.54, 1.807) is 17.0 Å². The van der Waals surface area contributed by atoms with E-state index in [-0.39, 0.29) is 24.1 Å². The minimum absolute atomic E-state index is 0.00301. The Hall–Kier alpha value is -4.30. The van der Waals surface area contributed by atoms with E-state index in [0.717, 1.165) is 16.8 Å². The van der Waals surface area contributed by atoms with Crippen LogP contribution in [-0.4, -0.2) is 43.6 Å². The first kappa shape index (κ1) is 29.2. The van der Waals surface area contributed by atoms with Gasteiger partial charge in [0, 0.05) is 38.0 Å². The van der Waals surface area contributed by atoms with Crippen molar-refractivity contribution in [1.29, 1.82) is 0 Å². The van der Waals surface area contributed by atoms with E-state index in [0.29, 0.717) is 49.6 Å². The molecule has 0 radical (unpaired) electrons. The minimum atomic E-state index is -0.734. The van der Waals surface area contributed by atoms with Crippen molar-refractivity contribution in [2.45, 2.75) is 70.9 Å². The van der Waals surface area contributed by atoms with Crippen LogP contribution in [0.3, 0.4) is 0 Å². The molecule has 2 heterocycles. The van der Waals surface area contributed by atoms with Gasteiger partial charge in [0.25, 0.3) is 5.91 Å². The Labute approximate surface area is 245 Å². The molecule has 1 amide bonds. The van der Waals surface area contributed by atoms with Gasteiger partial charge in [-0.2, -0.15) is 0 Å². The van der Waals surface area contributed by atoms with Crippen molar-refractivity contribution in [3.05, 3.63) is 113 Å². The fraction of sp³-hybridized carbons (Fsp3) is 0.324. The summed E-state index contributed by atoms with van der Waals surface area (Å²) in [6.45, 7) is 5.24. The van der Waals surface area contributed by atoms with E-state index in [4.69, 9.17) is 9.72 Å². The highest BCUT2D eigenvalue weighted by Gasteiger charge is 2.31. The summed E-state index contributed by atoms with van der Waals surface area (Å²) in [4.78, 5) is 33.1. The number of rotatable bonds is 10. The van der Waals surface area contributed by atoms with Crippen LogP contribution in [0.4, 0.5) is 4.39 Å². The standard InChI is InChI=1S/C34H36FN3O4/c1-23(2)32-31(34(41)37(21-24-9-5-3-6-10-24)22-25-11-7-4-8-12-25)36-33(26-13-15-27(35)16-14-26)38(32)18-17-29-19-28(39)20-30(40)42-29/h3-16,23,28-29,39H,17-22H2,1-2H3/t28-,29-/m1/s1. The molecule has 0 spiro atoms. The lowest BCUT2D eigenvalue weighted by Crippen LogP contribution is -2.33. The number of esters is 1. The lowest BCUT2D eigenvalue weighted by Gasteiger charge is -2.27. The van der Waals surface area contributed by atoms with Crippen molar-refractivity contribution in [3.63, 3.8) is 0 Å². The van der Waals surface area contributed by atoms with Crippen molar-refractivity contribution >= 4 is 11.9 Å². The molecule has 4 aromatic rings. The van der Waals surface area contributed by atoms with Crippen LogP contribution < -0.4 is 0 Å². The molecule has 1 aliphatic rings. The van der Waals surface area contributed by atoms with Crippen molar-refractivity contribution < 1.29 is 23.8 Å². The van der Waals surface area contributed by atoms with Crippen LogP contribution >= 0.6 is 0 Å². The Kier molecular flexibility index (Phi) is 9.12. The van der Waals surface area contributed by atoms with Crippen LogP contribution in [0.5, 0.6) is 0 Å². The van der Waals surface area contributed by atoms with Crippen LogP contribution in [0.15, 0.2) is 84.9 Å². The van der Waals surface area contributed by atoms with Crippen LogP contribution in [0.1, 0.15) is 66.3 Å². The molecule has 0 aliphatic carbocycles. The van der Waals surface area contributed by atoms with Gasteiger partial charge in [0.05, 0.1) is 18.2 Å². The van der Waals surface area contributed by atoms with Crippen LogP contribution in [0, 0.1) is 5.82 Å². The number of imidazole rings is 1. The third-order valence-electron chi connectivity index (χ3n) is 7.49. The molecule has 5 rings (SSSR count). The highest BCUT2D eigenvalue weighted by atomic mass is 19.1. The molecule has 0 bridgehead atoms. The van der Waals surface area contributed by atoms with Gasteiger partial charge in [0.2, 0.25) is 0 Å². The second kappa shape index (κ2) is 13.1. The monoisotopic (exact) mass is 569 g/mol. The largest absolute Gasteiger partial charge is 0.462 e. The molecule has 1 aliphatic heterocycles. The average molecular weight is 570 g/mol. The number of hydrogen-bond donors (Lipinski definition) is 1.